The van der Waals surface area contributed by atoms with Gasteiger partial charge in [-0.3, -0.25) is 0 Å². The molecule has 2 aliphatic carbocycles. The largest absolute Gasteiger partial charge is 0.379 e. The summed E-state index contributed by atoms with van der Waals surface area (Å²) in [6.45, 7) is 4.44. The molecule has 0 aromatic heterocycles. The van der Waals surface area contributed by atoms with Crippen molar-refractivity contribution in [2.45, 2.75) is 56.9 Å². The van der Waals surface area contributed by atoms with E-state index in [9.17, 15) is 0 Å². The molecule has 3 fully saturated rings. The van der Waals surface area contributed by atoms with Crippen molar-refractivity contribution >= 4 is 0 Å². The van der Waals surface area contributed by atoms with Crippen molar-refractivity contribution in [2.75, 3.05) is 32.8 Å². The molecule has 0 aromatic carbocycles. The maximum atomic E-state index is 6.12. The van der Waals surface area contributed by atoms with Crippen LogP contribution in [0.3, 0.4) is 0 Å². The summed E-state index contributed by atoms with van der Waals surface area (Å²) in [7, 11) is 0. The molecule has 0 amide bonds. The van der Waals surface area contributed by atoms with E-state index in [1.54, 1.807) is 0 Å². The molecule has 0 atom stereocenters. The maximum absolute atomic E-state index is 6.12. The SMILES string of the molecule is NCC1(NN2CCOCC2)CCC2(CCCC2)CC1. The van der Waals surface area contributed by atoms with Crippen LogP contribution in [0.25, 0.3) is 0 Å². The molecular weight excluding hydrogens is 238 g/mol. The first-order chi connectivity index (χ1) is 9.26. The fraction of sp³-hybridized carbons (Fsp3) is 1.00. The Labute approximate surface area is 117 Å². The number of morpholine rings is 1. The number of nitrogens with zero attached hydrogens (tertiary/aromatic N) is 1. The Kier molecular flexibility index (Phi) is 4.13. The van der Waals surface area contributed by atoms with Crippen LogP contribution in [0.5, 0.6) is 0 Å². The average Bonchev–Trinajstić information content (AvgIpc) is 2.92. The zero-order valence-corrected chi connectivity index (χ0v) is 12.1. The Balaban J connectivity index is 1.58. The van der Waals surface area contributed by atoms with Crippen LogP contribution in [-0.4, -0.2) is 43.4 Å². The first-order valence-electron chi connectivity index (χ1n) is 8.07. The molecule has 3 N–H and O–H groups in total. The molecule has 0 unspecified atom stereocenters. The summed E-state index contributed by atoms with van der Waals surface area (Å²) in [5.74, 6) is 0. The van der Waals surface area contributed by atoms with E-state index in [1.165, 1.54) is 51.4 Å². The number of hydrogen-bond donors (Lipinski definition) is 2. The van der Waals surface area contributed by atoms with Crippen molar-refractivity contribution in [2.24, 2.45) is 11.1 Å². The topological polar surface area (TPSA) is 50.5 Å². The monoisotopic (exact) mass is 267 g/mol. The number of hydrogen-bond acceptors (Lipinski definition) is 4. The third kappa shape index (κ3) is 2.97. The fourth-order valence-electron chi connectivity index (χ4n) is 4.26. The van der Waals surface area contributed by atoms with Crippen LogP contribution in [0.2, 0.25) is 0 Å². The lowest BCUT2D eigenvalue weighted by atomic mass is 9.66. The molecule has 0 aromatic rings. The van der Waals surface area contributed by atoms with Gasteiger partial charge in [-0.2, -0.15) is 0 Å². The molecule has 3 rings (SSSR count). The Bertz CT molecular complexity index is 286. The predicted molar refractivity (Wildman–Crippen MR) is 76.7 cm³/mol. The molecule has 1 saturated heterocycles. The standard InChI is InChI=1S/C15H29N3O/c16-13-15(17-18-9-11-19-12-10-18)7-5-14(6-8-15)3-1-2-4-14/h17H,1-13,16H2. The molecule has 19 heavy (non-hydrogen) atoms. The van der Waals surface area contributed by atoms with Gasteiger partial charge in [0.05, 0.1) is 13.2 Å². The summed E-state index contributed by atoms with van der Waals surface area (Å²) in [6.07, 6.45) is 11.1. The van der Waals surface area contributed by atoms with Gasteiger partial charge in [-0.25, -0.2) is 10.4 Å². The lowest BCUT2D eigenvalue weighted by molar-refractivity contribution is -0.0278. The van der Waals surface area contributed by atoms with Gasteiger partial charge >= 0.3 is 0 Å². The Morgan fingerprint density at radius 3 is 2.16 bits per heavy atom. The highest BCUT2D eigenvalue weighted by Gasteiger charge is 2.43. The Morgan fingerprint density at radius 1 is 0.947 bits per heavy atom. The maximum Gasteiger partial charge on any atom is 0.0608 e. The van der Waals surface area contributed by atoms with E-state index in [2.05, 4.69) is 10.4 Å². The highest BCUT2D eigenvalue weighted by Crippen LogP contribution is 2.51. The molecule has 1 spiro atoms. The van der Waals surface area contributed by atoms with Gasteiger partial charge in [0.15, 0.2) is 0 Å². The summed E-state index contributed by atoms with van der Waals surface area (Å²) < 4.78 is 5.42. The lowest BCUT2D eigenvalue weighted by Crippen LogP contribution is -2.62. The number of ether oxygens (including phenoxy) is 1. The predicted octanol–water partition coefficient (Wildman–Crippen LogP) is 1.66. The first-order valence-corrected chi connectivity index (χ1v) is 8.07. The van der Waals surface area contributed by atoms with E-state index in [0.717, 1.165) is 32.8 Å². The second-order valence-electron chi connectivity index (χ2n) is 6.90. The normalized spacial score (nSPS) is 30.8. The van der Waals surface area contributed by atoms with E-state index in [0.29, 0.717) is 5.41 Å². The molecule has 2 saturated carbocycles. The number of rotatable bonds is 3. The van der Waals surface area contributed by atoms with Gasteiger partial charge in [0.1, 0.15) is 0 Å². The van der Waals surface area contributed by atoms with Gasteiger partial charge < -0.3 is 10.5 Å². The van der Waals surface area contributed by atoms with Crippen molar-refractivity contribution in [1.29, 1.82) is 0 Å². The second kappa shape index (κ2) is 5.68. The molecular formula is C15H29N3O. The molecule has 1 heterocycles. The molecule has 1 aliphatic heterocycles. The quantitative estimate of drug-likeness (QED) is 0.816. The van der Waals surface area contributed by atoms with Crippen molar-refractivity contribution in [3.63, 3.8) is 0 Å². The van der Waals surface area contributed by atoms with Crippen LogP contribution >= 0.6 is 0 Å². The van der Waals surface area contributed by atoms with Crippen LogP contribution in [-0.2, 0) is 4.74 Å². The zero-order valence-electron chi connectivity index (χ0n) is 12.1. The van der Waals surface area contributed by atoms with Crippen LogP contribution < -0.4 is 11.2 Å². The molecule has 110 valence electrons. The minimum atomic E-state index is 0.158. The third-order valence-corrected chi connectivity index (χ3v) is 5.73. The van der Waals surface area contributed by atoms with Crippen LogP contribution in [0.4, 0.5) is 0 Å². The van der Waals surface area contributed by atoms with Crippen molar-refractivity contribution in [3.8, 4) is 0 Å². The lowest BCUT2D eigenvalue weighted by Gasteiger charge is -2.47. The van der Waals surface area contributed by atoms with Gasteiger partial charge in [0, 0.05) is 25.2 Å². The molecule has 4 heteroatoms. The van der Waals surface area contributed by atoms with E-state index < -0.39 is 0 Å². The molecule has 3 aliphatic rings. The first kappa shape index (κ1) is 13.8. The van der Waals surface area contributed by atoms with E-state index >= 15 is 0 Å². The van der Waals surface area contributed by atoms with E-state index in [-0.39, 0.29) is 5.54 Å². The highest BCUT2D eigenvalue weighted by molar-refractivity contribution is 4.99. The van der Waals surface area contributed by atoms with Crippen LogP contribution in [0, 0.1) is 5.41 Å². The van der Waals surface area contributed by atoms with Crippen LogP contribution in [0.15, 0.2) is 0 Å². The summed E-state index contributed by atoms with van der Waals surface area (Å²) in [4.78, 5) is 0. The van der Waals surface area contributed by atoms with Crippen molar-refractivity contribution in [3.05, 3.63) is 0 Å². The summed E-state index contributed by atoms with van der Waals surface area (Å²) >= 11 is 0. The van der Waals surface area contributed by atoms with E-state index in [1.807, 2.05) is 0 Å². The highest BCUT2D eigenvalue weighted by atomic mass is 16.5. The summed E-state index contributed by atoms with van der Waals surface area (Å²) in [5.41, 5.74) is 10.7. The fourth-order valence-corrected chi connectivity index (χ4v) is 4.26. The van der Waals surface area contributed by atoms with Crippen molar-refractivity contribution < 1.29 is 4.74 Å². The smallest absolute Gasteiger partial charge is 0.0608 e. The minimum Gasteiger partial charge on any atom is -0.379 e. The van der Waals surface area contributed by atoms with Gasteiger partial charge in [-0.1, -0.05) is 12.8 Å². The molecule has 0 radical (unpaired) electrons. The van der Waals surface area contributed by atoms with Gasteiger partial charge in [0.25, 0.3) is 0 Å². The van der Waals surface area contributed by atoms with Gasteiger partial charge in [-0.05, 0) is 43.9 Å². The van der Waals surface area contributed by atoms with Crippen molar-refractivity contribution in [1.82, 2.24) is 10.4 Å². The molecule has 0 bridgehead atoms. The average molecular weight is 267 g/mol. The van der Waals surface area contributed by atoms with E-state index in [4.69, 9.17) is 10.5 Å². The summed E-state index contributed by atoms with van der Waals surface area (Å²) in [6, 6.07) is 0. The van der Waals surface area contributed by atoms with Crippen LogP contribution in [0.1, 0.15) is 51.4 Å². The summed E-state index contributed by atoms with van der Waals surface area (Å²) in [5, 5.41) is 2.34. The number of nitrogens with one attached hydrogen (secondary N) is 1. The zero-order chi connectivity index (χ0) is 13.2. The number of nitrogens with two attached hydrogens (primary N) is 1. The Hall–Kier alpha value is -0.160. The molecule has 4 nitrogen and oxygen atoms in total. The van der Waals surface area contributed by atoms with Gasteiger partial charge in [0.2, 0.25) is 0 Å². The second-order valence-corrected chi connectivity index (χ2v) is 6.90. The third-order valence-electron chi connectivity index (χ3n) is 5.73. The Morgan fingerprint density at radius 2 is 1.58 bits per heavy atom. The minimum absolute atomic E-state index is 0.158. The number of hydrazine groups is 1. The van der Waals surface area contributed by atoms with Gasteiger partial charge in [-0.15, -0.1) is 0 Å².